The second-order valence-electron chi connectivity index (χ2n) is 4.14. The smallest absolute Gasteiger partial charge is 0.354 e. The summed E-state index contributed by atoms with van der Waals surface area (Å²) in [7, 11) is 2.55. The zero-order valence-electron chi connectivity index (χ0n) is 11.3. The predicted octanol–water partition coefficient (Wildman–Crippen LogP) is 1.34. The molecule has 0 amide bonds. The lowest BCUT2D eigenvalue weighted by atomic mass is 10.2. The van der Waals surface area contributed by atoms with Crippen LogP contribution in [-0.2, 0) is 19.1 Å². The number of methoxy groups -OCH3 is 2. The van der Waals surface area contributed by atoms with Gasteiger partial charge in [-0.15, -0.1) is 0 Å². The molecule has 5 nitrogen and oxygen atoms in total. The molecule has 0 atom stereocenters. The van der Waals surface area contributed by atoms with E-state index in [1.807, 2.05) is 32.6 Å². The summed E-state index contributed by atoms with van der Waals surface area (Å²) in [4.78, 5) is 24.7. The Kier molecular flexibility index (Phi) is 6.31. The van der Waals surface area contributed by atoms with Gasteiger partial charge in [0.2, 0.25) is 0 Å². The molecule has 0 heterocycles. The fourth-order valence-electron chi connectivity index (χ4n) is 1.67. The predicted molar refractivity (Wildman–Crippen MR) is 64.2 cm³/mol. The van der Waals surface area contributed by atoms with Crippen LogP contribution in [0.25, 0.3) is 0 Å². The second kappa shape index (κ2) is 6.93. The van der Waals surface area contributed by atoms with Crippen LogP contribution in [0.2, 0.25) is 0 Å². The van der Waals surface area contributed by atoms with E-state index in [4.69, 9.17) is 0 Å². The fraction of sp³-hybridized carbons (Fsp3) is 0.667. The minimum Gasteiger partial charge on any atom is -0.466 e. The Labute approximate surface area is 102 Å². The van der Waals surface area contributed by atoms with Gasteiger partial charge < -0.3 is 14.4 Å². The third-order valence-electron chi connectivity index (χ3n) is 2.24. The van der Waals surface area contributed by atoms with Gasteiger partial charge >= 0.3 is 11.9 Å². The highest BCUT2D eigenvalue weighted by molar-refractivity contribution is 5.95. The number of rotatable bonds is 5. The Morgan fingerprint density at radius 3 is 1.76 bits per heavy atom. The lowest BCUT2D eigenvalue weighted by Crippen LogP contribution is -2.39. The van der Waals surface area contributed by atoms with Crippen molar-refractivity contribution in [3.05, 3.63) is 11.8 Å². The van der Waals surface area contributed by atoms with Gasteiger partial charge in [-0.05, 0) is 27.7 Å². The molecule has 0 saturated carbocycles. The number of carbonyl (C=O) groups excluding carboxylic acids is 2. The van der Waals surface area contributed by atoms with Gasteiger partial charge in [-0.1, -0.05) is 0 Å². The highest BCUT2D eigenvalue weighted by Crippen LogP contribution is 2.15. The van der Waals surface area contributed by atoms with E-state index in [-0.39, 0.29) is 17.8 Å². The number of hydrogen-bond donors (Lipinski definition) is 0. The van der Waals surface area contributed by atoms with Gasteiger partial charge in [0.05, 0.1) is 20.3 Å². The summed E-state index contributed by atoms with van der Waals surface area (Å²) in [5, 5.41) is 0. The van der Waals surface area contributed by atoms with Crippen molar-refractivity contribution in [1.82, 2.24) is 4.90 Å². The zero-order valence-corrected chi connectivity index (χ0v) is 11.3. The summed E-state index contributed by atoms with van der Waals surface area (Å²) in [6.07, 6.45) is 1.16. The van der Waals surface area contributed by atoms with Gasteiger partial charge in [0.15, 0.2) is 0 Å². The summed E-state index contributed by atoms with van der Waals surface area (Å²) in [6, 6.07) is 0.148. The molecule has 0 N–H and O–H groups in total. The SMILES string of the molecule is COC(=O)C=C(C(=O)OC)N(C(C)C)C(C)C. The Bertz CT molecular complexity index is 300. The molecular weight excluding hydrogens is 222 g/mol. The van der Waals surface area contributed by atoms with Crippen LogP contribution in [-0.4, -0.2) is 43.1 Å². The minimum absolute atomic E-state index is 0.0741. The molecule has 0 saturated heterocycles. The number of nitrogens with zero attached hydrogens (tertiary/aromatic N) is 1. The molecule has 5 heteroatoms. The van der Waals surface area contributed by atoms with Crippen LogP contribution in [0.15, 0.2) is 11.8 Å². The first-order chi connectivity index (χ1) is 7.84. The molecule has 0 aromatic heterocycles. The molecule has 98 valence electrons. The van der Waals surface area contributed by atoms with Gasteiger partial charge in [0, 0.05) is 12.1 Å². The van der Waals surface area contributed by atoms with Gasteiger partial charge in [0.25, 0.3) is 0 Å². The maximum absolute atomic E-state index is 11.7. The third-order valence-corrected chi connectivity index (χ3v) is 2.24. The van der Waals surface area contributed by atoms with Crippen LogP contribution >= 0.6 is 0 Å². The lowest BCUT2D eigenvalue weighted by molar-refractivity contribution is -0.140. The van der Waals surface area contributed by atoms with Crippen LogP contribution in [0.3, 0.4) is 0 Å². The molecule has 0 aliphatic rings. The van der Waals surface area contributed by atoms with Crippen LogP contribution in [0.5, 0.6) is 0 Å². The van der Waals surface area contributed by atoms with Crippen molar-refractivity contribution >= 4 is 11.9 Å². The lowest BCUT2D eigenvalue weighted by Gasteiger charge is -2.33. The molecule has 0 fully saturated rings. The van der Waals surface area contributed by atoms with E-state index < -0.39 is 11.9 Å². The first kappa shape index (κ1) is 15.5. The van der Waals surface area contributed by atoms with E-state index in [9.17, 15) is 9.59 Å². The first-order valence-electron chi connectivity index (χ1n) is 5.51. The van der Waals surface area contributed by atoms with E-state index >= 15 is 0 Å². The summed E-state index contributed by atoms with van der Waals surface area (Å²) in [5.74, 6) is -1.12. The summed E-state index contributed by atoms with van der Waals surface area (Å²) in [5.41, 5.74) is 0.212. The maximum Gasteiger partial charge on any atom is 0.354 e. The molecule has 0 bridgehead atoms. The van der Waals surface area contributed by atoms with Crippen LogP contribution < -0.4 is 0 Å². The van der Waals surface area contributed by atoms with E-state index in [0.29, 0.717) is 0 Å². The Morgan fingerprint density at radius 1 is 1.00 bits per heavy atom. The normalized spacial score (nSPS) is 11.6. The van der Waals surface area contributed by atoms with Gasteiger partial charge in [0.1, 0.15) is 5.70 Å². The summed E-state index contributed by atoms with van der Waals surface area (Å²) < 4.78 is 9.22. The highest BCUT2D eigenvalue weighted by atomic mass is 16.5. The maximum atomic E-state index is 11.7. The molecule has 0 spiro atoms. The average Bonchev–Trinajstić information content (AvgIpc) is 2.25. The molecule has 0 rings (SSSR count). The molecular formula is C12H21NO4. The average molecular weight is 243 g/mol. The first-order valence-corrected chi connectivity index (χ1v) is 5.51. The van der Waals surface area contributed by atoms with E-state index in [1.54, 1.807) is 0 Å². The van der Waals surface area contributed by atoms with E-state index in [1.165, 1.54) is 14.2 Å². The molecule has 0 aromatic carbocycles. The van der Waals surface area contributed by atoms with E-state index in [0.717, 1.165) is 6.08 Å². The van der Waals surface area contributed by atoms with Crippen molar-refractivity contribution in [2.24, 2.45) is 0 Å². The number of ether oxygens (including phenoxy) is 2. The largest absolute Gasteiger partial charge is 0.466 e. The van der Waals surface area contributed by atoms with Crippen molar-refractivity contribution < 1.29 is 19.1 Å². The van der Waals surface area contributed by atoms with Crippen LogP contribution in [0.1, 0.15) is 27.7 Å². The van der Waals surface area contributed by atoms with Gasteiger partial charge in [-0.2, -0.15) is 0 Å². The zero-order chi connectivity index (χ0) is 13.6. The summed E-state index contributed by atoms with van der Waals surface area (Å²) >= 11 is 0. The Morgan fingerprint density at radius 2 is 1.47 bits per heavy atom. The van der Waals surface area contributed by atoms with E-state index in [2.05, 4.69) is 9.47 Å². The monoisotopic (exact) mass is 243 g/mol. The van der Waals surface area contributed by atoms with Crippen molar-refractivity contribution in [1.29, 1.82) is 0 Å². The van der Waals surface area contributed by atoms with Crippen LogP contribution in [0, 0.1) is 0 Å². The molecule has 0 radical (unpaired) electrons. The standard InChI is InChI=1S/C12H21NO4/c1-8(2)13(9(3)4)10(12(15)17-6)7-11(14)16-5/h7-9H,1-6H3. The topological polar surface area (TPSA) is 55.8 Å². The number of hydrogen-bond acceptors (Lipinski definition) is 5. The molecule has 0 aromatic rings. The number of carbonyl (C=O) groups is 2. The van der Waals surface area contributed by atoms with Crippen molar-refractivity contribution in [3.63, 3.8) is 0 Å². The third kappa shape index (κ3) is 4.46. The van der Waals surface area contributed by atoms with Crippen molar-refractivity contribution in [3.8, 4) is 0 Å². The fourth-order valence-corrected chi connectivity index (χ4v) is 1.67. The second-order valence-corrected chi connectivity index (χ2v) is 4.14. The highest BCUT2D eigenvalue weighted by Gasteiger charge is 2.24. The van der Waals surface area contributed by atoms with Crippen molar-refractivity contribution in [2.45, 2.75) is 39.8 Å². The molecule has 0 unspecified atom stereocenters. The van der Waals surface area contributed by atoms with Gasteiger partial charge in [-0.25, -0.2) is 9.59 Å². The minimum atomic E-state index is -0.572. The molecule has 17 heavy (non-hydrogen) atoms. The van der Waals surface area contributed by atoms with Gasteiger partial charge in [-0.3, -0.25) is 0 Å². The Hall–Kier alpha value is -1.52. The van der Waals surface area contributed by atoms with Crippen LogP contribution in [0.4, 0.5) is 0 Å². The summed E-state index contributed by atoms with van der Waals surface area (Å²) in [6.45, 7) is 7.75. The quantitative estimate of drug-likeness (QED) is 0.538. The molecule has 0 aliphatic carbocycles. The Balaban J connectivity index is 5.35. The number of esters is 2. The molecule has 0 aliphatic heterocycles. The van der Waals surface area contributed by atoms with Crippen molar-refractivity contribution in [2.75, 3.05) is 14.2 Å².